The standard InChI is InChI=1S/C18H23ClN4O3S/c1-12-15(13(2)22(3)21-12)11-20-18(24)14-6-7-16(19)17(10-14)23-8-4-5-9-27(23,25)26/h6-7,10H,4-5,8-9,11H2,1-3H3,(H,20,24). The Morgan fingerprint density at radius 3 is 2.67 bits per heavy atom. The second kappa shape index (κ2) is 7.52. The monoisotopic (exact) mass is 410 g/mol. The van der Waals surface area contributed by atoms with Crippen LogP contribution in [-0.2, 0) is 23.6 Å². The summed E-state index contributed by atoms with van der Waals surface area (Å²) >= 11 is 6.23. The van der Waals surface area contributed by atoms with Crippen molar-refractivity contribution in [2.24, 2.45) is 7.05 Å². The van der Waals surface area contributed by atoms with Crippen molar-refractivity contribution in [3.8, 4) is 0 Å². The molecule has 1 amide bonds. The van der Waals surface area contributed by atoms with E-state index in [9.17, 15) is 13.2 Å². The van der Waals surface area contributed by atoms with Crippen molar-refractivity contribution < 1.29 is 13.2 Å². The van der Waals surface area contributed by atoms with Crippen molar-refractivity contribution in [1.82, 2.24) is 15.1 Å². The summed E-state index contributed by atoms with van der Waals surface area (Å²) in [4.78, 5) is 12.6. The molecule has 1 fully saturated rings. The fourth-order valence-corrected chi connectivity index (χ4v) is 5.17. The van der Waals surface area contributed by atoms with Gasteiger partial charge in [0.1, 0.15) is 0 Å². The molecule has 0 unspecified atom stereocenters. The number of anilines is 1. The number of sulfonamides is 1. The van der Waals surface area contributed by atoms with Gasteiger partial charge in [-0.3, -0.25) is 13.8 Å². The Balaban J connectivity index is 1.82. The molecule has 1 aliphatic heterocycles. The molecule has 0 radical (unpaired) electrons. The van der Waals surface area contributed by atoms with Gasteiger partial charge in [0.15, 0.2) is 0 Å². The van der Waals surface area contributed by atoms with Crippen LogP contribution in [0.2, 0.25) is 5.02 Å². The molecule has 0 saturated carbocycles. The number of carbonyl (C=O) groups excluding carboxylic acids is 1. The SMILES string of the molecule is Cc1nn(C)c(C)c1CNC(=O)c1ccc(Cl)c(N2CCCCS2(=O)=O)c1. The first kappa shape index (κ1) is 19.7. The smallest absolute Gasteiger partial charge is 0.251 e. The van der Waals surface area contributed by atoms with E-state index in [4.69, 9.17) is 11.6 Å². The van der Waals surface area contributed by atoms with Crippen LogP contribution >= 0.6 is 11.6 Å². The number of nitrogens with zero attached hydrogens (tertiary/aromatic N) is 3. The normalized spacial score (nSPS) is 16.4. The average molecular weight is 411 g/mol. The summed E-state index contributed by atoms with van der Waals surface area (Å²) in [6.45, 7) is 4.57. The van der Waals surface area contributed by atoms with Crippen LogP contribution in [-0.4, -0.2) is 36.4 Å². The minimum atomic E-state index is -3.40. The Hall–Kier alpha value is -2.06. The first-order valence-electron chi connectivity index (χ1n) is 8.78. The highest BCUT2D eigenvalue weighted by atomic mass is 35.5. The van der Waals surface area contributed by atoms with Gasteiger partial charge in [0.05, 0.1) is 22.2 Å². The maximum Gasteiger partial charge on any atom is 0.251 e. The molecule has 1 aromatic carbocycles. The minimum Gasteiger partial charge on any atom is -0.348 e. The Morgan fingerprint density at radius 1 is 1.30 bits per heavy atom. The first-order valence-corrected chi connectivity index (χ1v) is 10.8. The Morgan fingerprint density at radius 2 is 2.04 bits per heavy atom. The van der Waals surface area contributed by atoms with Gasteiger partial charge in [-0.05, 0) is 44.9 Å². The highest BCUT2D eigenvalue weighted by molar-refractivity contribution is 7.92. The molecule has 3 rings (SSSR count). The lowest BCUT2D eigenvalue weighted by Gasteiger charge is -2.29. The average Bonchev–Trinajstić information content (AvgIpc) is 2.85. The van der Waals surface area contributed by atoms with Crippen LogP contribution in [0.5, 0.6) is 0 Å². The summed E-state index contributed by atoms with van der Waals surface area (Å²) in [6, 6.07) is 4.71. The van der Waals surface area contributed by atoms with Crippen molar-refractivity contribution in [3.05, 3.63) is 45.7 Å². The molecule has 7 nitrogen and oxygen atoms in total. The van der Waals surface area contributed by atoms with Gasteiger partial charge in [0.25, 0.3) is 5.91 Å². The van der Waals surface area contributed by atoms with Gasteiger partial charge in [0, 0.05) is 37.0 Å². The number of carbonyl (C=O) groups is 1. The maximum absolute atomic E-state index is 12.6. The molecule has 2 aromatic rings. The van der Waals surface area contributed by atoms with Crippen LogP contribution in [0.15, 0.2) is 18.2 Å². The largest absolute Gasteiger partial charge is 0.348 e. The Bertz CT molecular complexity index is 985. The molecule has 1 aliphatic rings. The minimum absolute atomic E-state index is 0.0965. The molecule has 1 N–H and O–H groups in total. The summed E-state index contributed by atoms with van der Waals surface area (Å²) in [5, 5.41) is 7.53. The highest BCUT2D eigenvalue weighted by Crippen LogP contribution is 2.31. The Kier molecular flexibility index (Phi) is 5.48. The predicted octanol–water partition coefficient (Wildman–Crippen LogP) is 2.55. The third-order valence-corrected chi connectivity index (χ3v) is 7.09. The van der Waals surface area contributed by atoms with Crippen LogP contribution in [0.3, 0.4) is 0 Å². The van der Waals surface area contributed by atoms with E-state index >= 15 is 0 Å². The molecule has 1 aromatic heterocycles. The molecular formula is C18H23ClN4O3S. The predicted molar refractivity (Wildman–Crippen MR) is 106 cm³/mol. The maximum atomic E-state index is 12.6. The number of aromatic nitrogens is 2. The van der Waals surface area contributed by atoms with E-state index in [1.54, 1.807) is 22.9 Å². The van der Waals surface area contributed by atoms with E-state index in [-0.39, 0.29) is 11.7 Å². The van der Waals surface area contributed by atoms with E-state index in [0.29, 0.717) is 35.8 Å². The Labute approximate surface area is 164 Å². The van der Waals surface area contributed by atoms with E-state index < -0.39 is 10.0 Å². The number of nitrogens with one attached hydrogen (secondary N) is 1. The van der Waals surface area contributed by atoms with Crippen molar-refractivity contribution >= 4 is 33.2 Å². The molecule has 2 heterocycles. The lowest BCUT2D eigenvalue weighted by Crippen LogP contribution is -2.38. The van der Waals surface area contributed by atoms with E-state index in [1.165, 1.54) is 4.31 Å². The number of aryl methyl sites for hydroxylation is 2. The quantitative estimate of drug-likeness (QED) is 0.839. The fraction of sp³-hybridized carbons (Fsp3) is 0.444. The summed E-state index contributed by atoms with van der Waals surface area (Å²) in [5.74, 6) is -0.191. The van der Waals surface area contributed by atoms with Gasteiger partial charge < -0.3 is 5.32 Å². The second-order valence-electron chi connectivity index (χ2n) is 6.72. The van der Waals surface area contributed by atoms with Crippen LogP contribution in [0.4, 0.5) is 5.69 Å². The summed E-state index contributed by atoms with van der Waals surface area (Å²) < 4.78 is 27.8. The van der Waals surface area contributed by atoms with Crippen molar-refractivity contribution in [2.45, 2.75) is 33.2 Å². The van der Waals surface area contributed by atoms with Crippen LogP contribution in [0.25, 0.3) is 0 Å². The molecule has 9 heteroatoms. The molecular weight excluding hydrogens is 388 g/mol. The van der Waals surface area contributed by atoms with Crippen LogP contribution in [0.1, 0.15) is 40.2 Å². The van der Waals surface area contributed by atoms with Gasteiger partial charge in [-0.1, -0.05) is 11.6 Å². The summed E-state index contributed by atoms with van der Waals surface area (Å²) in [7, 11) is -1.54. The van der Waals surface area contributed by atoms with E-state index in [2.05, 4.69) is 10.4 Å². The van der Waals surface area contributed by atoms with Crippen molar-refractivity contribution in [2.75, 3.05) is 16.6 Å². The number of rotatable bonds is 4. The zero-order chi connectivity index (χ0) is 19.8. The second-order valence-corrected chi connectivity index (χ2v) is 9.14. The molecule has 27 heavy (non-hydrogen) atoms. The van der Waals surface area contributed by atoms with Gasteiger partial charge >= 0.3 is 0 Å². The molecule has 0 spiro atoms. The molecule has 1 saturated heterocycles. The van der Waals surface area contributed by atoms with Gasteiger partial charge in [0.2, 0.25) is 10.0 Å². The van der Waals surface area contributed by atoms with Crippen LogP contribution < -0.4 is 9.62 Å². The number of benzene rings is 1. The zero-order valence-electron chi connectivity index (χ0n) is 15.6. The number of hydrogen-bond donors (Lipinski definition) is 1. The lowest BCUT2D eigenvalue weighted by molar-refractivity contribution is 0.0951. The van der Waals surface area contributed by atoms with E-state index in [0.717, 1.165) is 23.4 Å². The highest BCUT2D eigenvalue weighted by Gasteiger charge is 2.28. The van der Waals surface area contributed by atoms with Crippen LogP contribution in [0, 0.1) is 13.8 Å². The van der Waals surface area contributed by atoms with Crippen molar-refractivity contribution in [3.63, 3.8) is 0 Å². The first-order chi connectivity index (χ1) is 12.7. The number of halogens is 1. The third-order valence-electron chi connectivity index (χ3n) is 4.91. The summed E-state index contributed by atoms with van der Waals surface area (Å²) in [6.07, 6.45) is 1.41. The molecule has 146 valence electrons. The van der Waals surface area contributed by atoms with Crippen molar-refractivity contribution in [1.29, 1.82) is 0 Å². The van der Waals surface area contributed by atoms with Gasteiger partial charge in [-0.25, -0.2) is 8.42 Å². The third kappa shape index (κ3) is 3.96. The molecule has 0 bridgehead atoms. The number of hydrogen-bond acceptors (Lipinski definition) is 4. The van der Waals surface area contributed by atoms with Gasteiger partial charge in [-0.15, -0.1) is 0 Å². The molecule has 0 aliphatic carbocycles. The molecule has 0 atom stereocenters. The summed E-state index contributed by atoms with van der Waals surface area (Å²) in [5.41, 5.74) is 3.56. The number of amides is 1. The zero-order valence-corrected chi connectivity index (χ0v) is 17.2. The topological polar surface area (TPSA) is 84.3 Å². The lowest BCUT2D eigenvalue weighted by atomic mass is 10.1. The fourth-order valence-electron chi connectivity index (χ4n) is 3.25. The van der Waals surface area contributed by atoms with E-state index in [1.807, 2.05) is 20.9 Å². The van der Waals surface area contributed by atoms with Gasteiger partial charge in [-0.2, -0.15) is 5.10 Å².